The van der Waals surface area contributed by atoms with E-state index in [1.54, 1.807) is 0 Å². The third-order valence-corrected chi connectivity index (χ3v) is 8.42. The number of carboxylic acid groups (broad SMARTS) is 2. The van der Waals surface area contributed by atoms with Crippen LogP contribution in [0.15, 0.2) is 50.9 Å². The molecular weight excluding hydrogens is 580 g/mol. The van der Waals surface area contributed by atoms with Gasteiger partial charge in [-0.25, -0.2) is 14.6 Å². The summed E-state index contributed by atoms with van der Waals surface area (Å²) in [6.45, 7) is 1.47. The van der Waals surface area contributed by atoms with Crippen molar-refractivity contribution in [1.82, 2.24) is 20.2 Å². The van der Waals surface area contributed by atoms with E-state index in [1.807, 2.05) is 0 Å². The van der Waals surface area contributed by atoms with Gasteiger partial charge in [-0.1, -0.05) is 11.2 Å². The molecule has 2 amide bonds. The second-order valence-corrected chi connectivity index (χ2v) is 11.0. The number of hydrogen-bond acceptors (Lipinski definition) is 12. The van der Waals surface area contributed by atoms with Gasteiger partial charge in [0, 0.05) is 22.4 Å². The lowest BCUT2D eigenvalue weighted by Gasteiger charge is -2.46. The van der Waals surface area contributed by atoms with Crippen molar-refractivity contribution in [3.05, 3.63) is 62.5 Å². The Morgan fingerprint density at radius 1 is 1.24 bits per heavy atom. The van der Waals surface area contributed by atoms with E-state index in [1.165, 1.54) is 30.5 Å². The number of carboxylic acids is 2. The summed E-state index contributed by atoms with van der Waals surface area (Å²) in [6, 6.07) is 4.90. The summed E-state index contributed by atoms with van der Waals surface area (Å²) in [5.74, 6) is -4.33. The molecule has 2 aliphatic heterocycles. The first-order valence-electron chi connectivity index (χ1n) is 11.7. The number of β-lactam (4-membered cyclic amide) rings is 1. The van der Waals surface area contributed by atoms with Crippen LogP contribution in [-0.2, 0) is 24.0 Å². The molecule has 1 fully saturated rings. The first kappa shape index (κ1) is 27.7. The Balaban J connectivity index is 1.50. The van der Waals surface area contributed by atoms with E-state index in [4.69, 9.17) is 10.6 Å². The van der Waals surface area contributed by atoms with Crippen molar-refractivity contribution in [2.24, 2.45) is 5.16 Å². The molecule has 0 radical (unpaired) electrons. The fourth-order valence-electron chi connectivity index (χ4n) is 4.37. The highest BCUT2D eigenvalue weighted by molar-refractivity contribution is 8.00. The van der Waals surface area contributed by atoms with Crippen LogP contribution in [0.2, 0.25) is 0 Å². The maximum absolute atomic E-state index is 13.4. The lowest BCUT2D eigenvalue weighted by atomic mass is 10.0. The number of aliphatic carboxylic acids is 2. The molecule has 2 aromatic heterocycles. The molecule has 0 bridgehead atoms. The molecule has 1 aromatic carbocycles. The average molecular weight is 601 g/mol. The number of thiazole rings is 1. The highest BCUT2D eigenvalue weighted by atomic mass is 32.2. The van der Waals surface area contributed by atoms with Gasteiger partial charge in [0.05, 0.1) is 17.3 Å². The van der Waals surface area contributed by atoms with Crippen molar-refractivity contribution in [3.8, 4) is 5.75 Å². The monoisotopic (exact) mass is 600 g/mol. The number of amides is 2. The zero-order valence-electron chi connectivity index (χ0n) is 20.9. The number of carbonyl (C=O) groups excluding carboxylic acids is 2. The number of carbonyl (C=O) groups is 4. The number of oxime groups is 1. The number of anilines is 1. The molecule has 7 N–H and O–H groups in total. The lowest BCUT2D eigenvalue weighted by molar-refractivity contribution is -0.151. The fraction of sp³-hybridized carbons (Fsp3) is 0.208. The molecule has 5 rings (SSSR count). The van der Waals surface area contributed by atoms with E-state index in [0.29, 0.717) is 0 Å². The van der Waals surface area contributed by atoms with Crippen LogP contribution < -0.4 is 16.6 Å². The van der Waals surface area contributed by atoms with Gasteiger partial charge >= 0.3 is 11.9 Å². The molecule has 0 spiro atoms. The number of H-pyrrole nitrogens is 1. The summed E-state index contributed by atoms with van der Waals surface area (Å²) in [6.07, 6.45) is -1.69. The van der Waals surface area contributed by atoms with Crippen molar-refractivity contribution in [2.45, 2.75) is 30.2 Å². The Morgan fingerprint density at radius 2 is 2.00 bits per heavy atom. The number of thioether (sulfide) groups is 1. The number of nitrogens with one attached hydrogen (secondary N) is 2. The number of aromatic hydroxyl groups is 1. The summed E-state index contributed by atoms with van der Waals surface area (Å²) >= 11 is 2.15. The van der Waals surface area contributed by atoms with Crippen LogP contribution in [0.25, 0.3) is 10.9 Å². The van der Waals surface area contributed by atoms with Crippen LogP contribution in [0.5, 0.6) is 5.75 Å². The van der Waals surface area contributed by atoms with Crippen LogP contribution in [0.3, 0.4) is 0 Å². The van der Waals surface area contributed by atoms with Crippen LogP contribution in [0.1, 0.15) is 30.7 Å². The minimum Gasteiger partial charge on any atom is -0.506 e. The summed E-state index contributed by atoms with van der Waals surface area (Å²) in [7, 11) is 0. The van der Waals surface area contributed by atoms with Gasteiger partial charge in [0.25, 0.3) is 5.91 Å². The number of nitrogens with zero attached hydrogens (tertiary/aromatic N) is 3. The Morgan fingerprint density at radius 3 is 2.63 bits per heavy atom. The number of phenolic OH excluding ortho intramolecular Hbond substituents is 1. The minimum absolute atomic E-state index is 0.0188. The number of hydrogen-bond donors (Lipinski definition) is 6. The SMILES string of the molecule is CC1=C(C(=O)O)N2C(=O)CC2SC1NC(=O)/C(=N\OC(C(=O)O)c1ccc(O)c2[nH]c(=O)ccc12)c1csc(N)n1. The molecule has 3 aromatic rings. The molecule has 17 heteroatoms. The molecule has 1 saturated heterocycles. The normalized spacial score (nSPS) is 19.4. The van der Waals surface area contributed by atoms with Gasteiger partial charge in [-0.2, -0.15) is 0 Å². The third kappa shape index (κ3) is 5.07. The summed E-state index contributed by atoms with van der Waals surface area (Å²) < 4.78 is 0. The molecule has 212 valence electrons. The molecular formula is C24H20N6O9S2. The van der Waals surface area contributed by atoms with Crippen molar-refractivity contribution < 1.29 is 39.3 Å². The zero-order valence-corrected chi connectivity index (χ0v) is 22.5. The van der Waals surface area contributed by atoms with Crippen LogP contribution in [-0.4, -0.2) is 70.4 Å². The molecule has 15 nitrogen and oxygen atoms in total. The Labute approximate surface area is 237 Å². The van der Waals surface area contributed by atoms with Gasteiger partial charge in [-0.15, -0.1) is 23.1 Å². The predicted molar refractivity (Wildman–Crippen MR) is 146 cm³/mol. The van der Waals surface area contributed by atoms with E-state index in [9.17, 15) is 39.3 Å². The largest absolute Gasteiger partial charge is 0.506 e. The maximum Gasteiger partial charge on any atom is 0.352 e. The van der Waals surface area contributed by atoms with E-state index in [-0.39, 0.29) is 56.6 Å². The lowest BCUT2D eigenvalue weighted by Crippen LogP contribution is -2.57. The van der Waals surface area contributed by atoms with Crippen molar-refractivity contribution in [3.63, 3.8) is 0 Å². The van der Waals surface area contributed by atoms with Gasteiger partial charge in [-0.05, 0) is 24.6 Å². The Hall–Kier alpha value is -4.90. The average Bonchev–Trinajstić information content (AvgIpc) is 3.34. The van der Waals surface area contributed by atoms with Crippen LogP contribution in [0.4, 0.5) is 5.13 Å². The van der Waals surface area contributed by atoms with Crippen molar-refractivity contribution in [1.29, 1.82) is 0 Å². The Bertz CT molecular complexity index is 1750. The second kappa shape index (κ2) is 10.6. The van der Waals surface area contributed by atoms with Gasteiger partial charge in [0.2, 0.25) is 17.6 Å². The van der Waals surface area contributed by atoms with E-state index in [0.717, 1.165) is 34.1 Å². The highest BCUT2D eigenvalue weighted by Crippen LogP contribution is 2.43. The molecule has 41 heavy (non-hydrogen) atoms. The smallest absolute Gasteiger partial charge is 0.352 e. The second-order valence-electron chi connectivity index (χ2n) is 8.87. The number of pyridine rings is 1. The van der Waals surface area contributed by atoms with Gasteiger partial charge in [0.1, 0.15) is 22.5 Å². The van der Waals surface area contributed by atoms with Crippen molar-refractivity contribution in [2.75, 3.05) is 5.73 Å². The number of benzene rings is 1. The van der Waals surface area contributed by atoms with Gasteiger partial charge < -0.3 is 36.2 Å². The number of phenols is 1. The zero-order chi connectivity index (χ0) is 29.6. The molecule has 2 aliphatic rings. The third-order valence-electron chi connectivity index (χ3n) is 6.31. The van der Waals surface area contributed by atoms with Crippen LogP contribution in [0, 0.1) is 0 Å². The summed E-state index contributed by atoms with van der Waals surface area (Å²) in [5.41, 5.74) is 4.71. The topological polar surface area (TPSA) is 238 Å². The molecule has 0 aliphatic carbocycles. The number of fused-ring (bicyclic) bond motifs is 2. The van der Waals surface area contributed by atoms with Gasteiger partial charge in [-0.3, -0.25) is 19.3 Å². The van der Waals surface area contributed by atoms with E-state index < -0.39 is 46.0 Å². The standard InChI is InChI=1S/C24H20N6O9S2/c1-8-18(22(35)36)30-14(33)6-15(30)41-21(8)28-20(34)17(11-7-40-24(25)26-11)29-39-19(23(37)38)10-2-4-12(31)16-9(10)3-5-13(32)27-16/h2-5,7,15,19,21,31H,6H2,1H3,(H2,25,26)(H,27,32)(H,28,34)(H,35,36)(H,37,38)/b29-17-. The minimum atomic E-state index is -1.79. The predicted octanol–water partition coefficient (Wildman–Crippen LogP) is 0.925. The van der Waals surface area contributed by atoms with Crippen molar-refractivity contribution >= 4 is 68.6 Å². The first-order valence-corrected chi connectivity index (χ1v) is 13.5. The highest BCUT2D eigenvalue weighted by Gasteiger charge is 2.48. The molecule has 3 unspecified atom stereocenters. The maximum atomic E-state index is 13.4. The fourth-order valence-corrected chi connectivity index (χ4v) is 6.30. The number of aromatic amines is 1. The van der Waals surface area contributed by atoms with E-state index >= 15 is 0 Å². The van der Waals surface area contributed by atoms with Gasteiger partial charge in [0.15, 0.2) is 10.8 Å². The summed E-state index contributed by atoms with van der Waals surface area (Å²) in [5, 5.41) is 36.5. The Kier molecular flexibility index (Phi) is 7.14. The molecule has 0 saturated carbocycles. The van der Waals surface area contributed by atoms with Crippen LogP contribution >= 0.6 is 23.1 Å². The first-order chi connectivity index (χ1) is 19.5. The molecule has 4 heterocycles. The van der Waals surface area contributed by atoms with E-state index in [2.05, 4.69) is 20.4 Å². The number of nitrogens with two attached hydrogens (primary N) is 1. The molecule has 3 atom stereocenters. The number of aromatic nitrogens is 2. The number of rotatable bonds is 8. The number of nitrogen functional groups attached to an aromatic ring is 1. The quantitative estimate of drug-likeness (QED) is 0.120. The summed E-state index contributed by atoms with van der Waals surface area (Å²) in [4.78, 5) is 74.3.